The minimum absolute atomic E-state index is 0.142. The third-order valence-corrected chi connectivity index (χ3v) is 4.37. The van der Waals surface area contributed by atoms with Crippen LogP contribution in [-0.4, -0.2) is 13.8 Å². The lowest BCUT2D eigenvalue weighted by Gasteiger charge is -2.19. The summed E-state index contributed by atoms with van der Waals surface area (Å²) >= 11 is 6.02. The summed E-state index contributed by atoms with van der Waals surface area (Å²) in [5.74, 6) is 0.858. The third kappa shape index (κ3) is 5.09. The molecule has 0 saturated carbocycles. The molecule has 0 amide bonds. The normalized spacial score (nSPS) is 11.9. The molecule has 0 aliphatic rings. The molecule has 3 rings (SSSR count). The Bertz CT molecular complexity index is 789. The molecule has 1 unspecified atom stereocenters. The first-order chi connectivity index (χ1) is 12.8. The predicted molar refractivity (Wildman–Crippen MR) is 106 cm³/mol. The Hall–Kier alpha value is -2.33. The third-order valence-electron chi connectivity index (χ3n) is 4.12. The van der Waals surface area contributed by atoms with Gasteiger partial charge in [-0.2, -0.15) is 0 Å². The predicted octanol–water partition coefficient (Wildman–Crippen LogP) is 5.20. The molecule has 3 aromatic rings. The van der Waals surface area contributed by atoms with E-state index in [1.165, 1.54) is 5.56 Å². The van der Waals surface area contributed by atoms with Crippen molar-refractivity contribution in [1.29, 1.82) is 0 Å². The summed E-state index contributed by atoms with van der Waals surface area (Å²) in [6.45, 7) is 1.17. The highest BCUT2D eigenvalue weighted by molar-refractivity contribution is 6.30. The molecule has 134 valence electrons. The molecule has 0 radical (unpaired) electrons. The van der Waals surface area contributed by atoms with Crippen LogP contribution in [0.25, 0.3) is 0 Å². The van der Waals surface area contributed by atoms with Crippen LogP contribution in [0.2, 0.25) is 5.02 Å². The van der Waals surface area contributed by atoms with Crippen LogP contribution < -0.4 is 10.1 Å². The van der Waals surface area contributed by atoms with Gasteiger partial charge in [-0.1, -0.05) is 66.2 Å². The Balaban J connectivity index is 1.61. The van der Waals surface area contributed by atoms with Crippen LogP contribution >= 0.6 is 11.6 Å². The maximum absolute atomic E-state index is 6.14. The average molecular weight is 368 g/mol. The van der Waals surface area contributed by atoms with Crippen LogP contribution in [0.5, 0.6) is 5.75 Å². The van der Waals surface area contributed by atoms with Crippen molar-refractivity contribution in [1.82, 2.24) is 5.32 Å². The van der Waals surface area contributed by atoms with Crippen LogP contribution in [0.15, 0.2) is 78.9 Å². The highest BCUT2D eigenvalue weighted by atomic mass is 35.5. The Morgan fingerprint density at radius 3 is 2.15 bits per heavy atom. The van der Waals surface area contributed by atoms with Gasteiger partial charge in [0.05, 0.1) is 13.8 Å². The highest BCUT2D eigenvalue weighted by Crippen LogP contribution is 2.26. The van der Waals surface area contributed by atoms with Crippen molar-refractivity contribution >= 4 is 11.6 Å². The topological polar surface area (TPSA) is 30.5 Å². The smallest absolute Gasteiger partial charge is 0.118 e. The van der Waals surface area contributed by atoms with Crippen molar-refractivity contribution < 1.29 is 9.47 Å². The summed E-state index contributed by atoms with van der Waals surface area (Å²) in [4.78, 5) is 0. The molecular formula is C22H22ClNO2. The second-order valence-electron chi connectivity index (χ2n) is 5.93. The first-order valence-corrected chi connectivity index (χ1v) is 8.90. The van der Waals surface area contributed by atoms with Crippen molar-refractivity contribution in [3.63, 3.8) is 0 Å². The number of hydrogen-bond acceptors (Lipinski definition) is 3. The first kappa shape index (κ1) is 18.5. The van der Waals surface area contributed by atoms with Gasteiger partial charge in [-0.3, -0.25) is 5.32 Å². The maximum atomic E-state index is 6.14. The van der Waals surface area contributed by atoms with Gasteiger partial charge in [-0.05, 0) is 41.0 Å². The lowest BCUT2D eigenvalue weighted by Crippen LogP contribution is -2.20. The minimum atomic E-state index is -0.142. The molecule has 0 saturated heterocycles. The van der Waals surface area contributed by atoms with Crippen LogP contribution in [-0.2, 0) is 11.3 Å². The lowest BCUT2D eigenvalue weighted by molar-refractivity contribution is 0.0646. The van der Waals surface area contributed by atoms with Crippen molar-refractivity contribution in [3.05, 3.63) is 101 Å². The van der Waals surface area contributed by atoms with E-state index in [9.17, 15) is 0 Å². The Morgan fingerprint density at radius 1 is 0.846 bits per heavy atom. The Labute approximate surface area is 159 Å². The van der Waals surface area contributed by atoms with E-state index in [1.54, 1.807) is 7.11 Å². The summed E-state index contributed by atoms with van der Waals surface area (Å²) < 4.78 is 11.3. The SMILES string of the molecule is COc1ccc(CNCOC(c2ccccc2)c2ccc(Cl)cc2)cc1. The fourth-order valence-corrected chi connectivity index (χ4v) is 2.86. The van der Waals surface area contributed by atoms with E-state index in [2.05, 4.69) is 17.4 Å². The second kappa shape index (κ2) is 9.39. The summed E-state index contributed by atoms with van der Waals surface area (Å²) in [5.41, 5.74) is 3.37. The molecule has 0 heterocycles. The van der Waals surface area contributed by atoms with Gasteiger partial charge < -0.3 is 9.47 Å². The minimum Gasteiger partial charge on any atom is -0.497 e. The number of methoxy groups -OCH3 is 1. The van der Waals surface area contributed by atoms with Crippen molar-refractivity contribution in [3.8, 4) is 5.75 Å². The van der Waals surface area contributed by atoms with E-state index in [0.29, 0.717) is 6.73 Å². The molecule has 0 fully saturated rings. The molecule has 0 aliphatic carbocycles. The van der Waals surface area contributed by atoms with Crippen molar-refractivity contribution in [2.24, 2.45) is 0 Å². The number of rotatable bonds is 8. The van der Waals surface area contributed by atoms with E-state index in [0.717, 1.165) is 28.4 Å². The summed E-state index contributed by atoms with van der Waals surface area (Å²) in [7, 11) is 1.67. The van der Waals surface area contributed by atoms with Crippen LogP contribution in [0, 0.1) is 0 Å². The van der Waals surface area contributed by atoms with Crippen LogP contribution in [0.1, 0.15) is 22.8 Å². The monoisotopic (exact) mass is 367 g/mol. The van der Waals surface area contributed by atoms with Gasteiger partial charge in [-0.25, -0.2) is 0 Å². The zero-order valence-electron chi connectivity index (χ0n) is 14.7. The van der Waals surface area contributed by atoms with Crippen molar-refractivity contribution in [2.45, 2.75) is 12.6 Å². The number of ether oxygens (including phenoxy) is 2. The molecule has 3 nitrogen and oxygen atoms in total. The second-order valence-corrected chi connectivity index (χ2v) is 6.36. The molecule has 1 atom stereocenters. The van der Waals surface area contributed by atoms with Gasteiger partial charge in [0.1, 0.15) is 11.9 Å². The standard InChI is InChI=1S/C22H22ClNO2/c1-25-21-13-7-17(8-14-21)15-24-16-26-22(18-5-3-2-4-6-18)19-9-11-20(23)12-10-19/h2-14,22,24H,15-16H2,1H3. The number of hydrogen-bond donors (Lipinski definition) is 1. The molecule has 1 N–H and O–H groups in total. The average Bonchev–Trinajstić information content (AvgIpc) is 2.70. The van der Waals surface area contributed by atoms with Gasteiger partial charge in [0.2, 0.25) is 0 Å². The first-order valence-electron chi connectivity index (χ1n) is 8.52. The van der Waals surface area contributed by atoms with Crippen molar-refractivity contribution in [2.75, 3.05) is 13.8 Å². The molecule has 26 heavy (non-hydrogen) atoms. The number of nitrogens with one attached hydrogen (secondary N) is 1. The maximum Gasteiger partial charge on any atom is 0.118 e. The summed E-state index contributed by atoms with van der Waals surface area (Å²) in [6, 6.07) is 26.0. The largest absolute Gasteiger partial charge is 0.497 e. The van der Waals surface area contributed by atoms with E-state index >= 15 is 0 Å². The molecule has 3 aromatic carbocycles. The fraction of sp³-hybridized carbons (Fsp3) is 0.182. The lowest BCUT2D eigenvalue weighted by atomic mass is 10.0. The van der Waals surface area contributed by atoms with E-state index < -0.39 is 0 Å². The molecule has 0 spiro atoms. The quantitative estimate of drug-likeness (QED) is 0.438. The molecular weight excluding hydrogens is 346 g/mol. The molecule has 0 aromatic heterocycles. The zero-order valence-corrected chi connectivity index (χ0v) is 15.4. The summed E-state index contributed by atoms with van der Waals surface area (Å²) in [6.07, 6.45) is -0.142. The molecule has 0 bridgehead atoms. The molecule has 4 heteroatoms. The van der Waals surface area contributed by atoms with E-state index in [1.807, 2.05) is 66.7 Å². The highest BCUT2D eigenvalue weighted by Gasteiger charge is 2.14. The Kier molecular flexibility index (Phi) is 6.67. The van der Waals surface area contributed by atoms with Gasteiger partial charge >= 0.3 is 0 Å². The molecule has 0 aliphatic heterocycles. The number of halogens is 1. The van der Waals surface area contributed by atoms with Gasteiger partial charge in [-0.15, -0.1) is 0 Å². The number of benzene rings is 3. The van der Waals surface area contributed by atoms with Gasteiger partial charge in [0, 0.05) is 11.6 Å². The van der Waals surface area contributed by atoms with E-state index in [4.69, 9.17) is 21.1 Å². The van der Waals surface area contributed by atoms with Crippen LogP contribution in [0.3, 0.4) is 0 Å². The van der Waals surface area contributed by atoms with Crippen LogP contribution in [0.4, 0.5) is 0 Å². The van der Waals surface area contributed by atoms with E-state index in [-0.39, 0.29) is 6.10 Å². The fourth-order valence-electron chi connectivity index (χ4n) is 2.73. The Morgan fingerprint density at radius 2 is 1.50 bits per heavy atom. The zero-order chi connectivity index (χ0) is 18.2. The van der Waals surface area contributed by atoms with Gasteiger partial charge in [0.25, 0.3) is 0 Å². The summed E-state index contributed by atoms with van der Waals surface area (Å²) in [5, 5.41) is 4.05. The van der Waals surface area contributed by atoms with Gasteiger partial charge in [0.15, 0.2) is 0 Å².